The minimum atomic E-state index is -0.677. The molecule has 1 heterocycles. The van der Waals surface area contributed by atoms with Gasteiger partial charge in [-0.15, -0.1) is 11.3 Å². The molecule has 2 atom stereocenters. The number of nitrogens with one attached hydrogen (secondary N) is 2. The Hall–Kier alpha value is -1.11. The zero-order chi connectivity index (χ0) is 17.5. The normalized spacial score (nSPS) is 14.6. The minimum Gasteiger partial charge on any atom is -0.444 e. The molecule has 0 aliphatic rings. The second-order valence-electron chi connectivity index (χ2n) is 7.16. The fourth-order valence-corrected chi connectivity index (χ4v) is 2.81. The summed E-state index contributed by atoms with van der Waals surface area (Å²) in [5.41, 5.74) is -0.557. The summed E-state index contributed by atoms with van der Waals surface area (Å²) in [6.45, 7) is 11.0. The van der Waals surface area contributed by atoms with E-state index in [0.717, 1.165) is 11.4 Å². The van der Waals surface area contributed by atoms with Gasteiger partial charge in [0, 0.05) is 17.8 Å². The Morgan fingerprint density at radius 1 is 1.35 bits per heavy atom. The van der Waals surface area contributed by atoms with Crippen LogP contribution in [0, 0.1) is 5.92 Å². The van der Waals surface area contributed by atoms with Gasteiger partial charge in [-0.2, -0.15) is 0 Å². The molecule has 5 nitrogen and oxygen atoms in total. The zero-order valence-corrected chi connectivity index (χ0v) is 15.6. The van der Waals surface area contributed by atoms with Gasteiger partial charge >= 0.3 is 6.09 Å². The lowest BCUT2D eigenvalue weighted by Gasteiger charge is -2.27. The summed E-state index contributed by atoms with van der Waals surface area (Å²) < 4.78 is 5.30. The maximum Gasteiger partial charge on any atom is 0.407 e. The number of aliphatic hydroxyl groups excluding tert-OH is 1. The predicted molar refractivity (Wildman–Crippen MR) is 94.9 cm³/mol. The van der Waals surface area contributed by atoms with Gasteiger partial charge in [0.15, 0.2) is 0 Å². The van der Waals surface area contributed by atoms with E-state index < -0.39 is 17.8 Å². The fraction of sp³-hybridized carbons (Fsp3) is 0.706. The number of hydrogen-bond acceptors (Lipinski definition) is 5. The molecule has 0 fully saturated rings. The molecule has 0 bridgehead atoms. The molecule has 1 aromatic rings. The monoisotopic (exact) mass is 342 g/mol. The van der Waals surface area contributed by atoms with Crippen LogP contribution in [0.5, 0.6) is 0 Å². The SMILES string of the molecule is CC(C)CNC[C@H](O)[C@@H](Cc1cccs1)NC(=O)OC(C)(C)C. The molecule has 6 heteroatoms. The van der Waals surface area contributed by atoms with Gasteiger partial charge in [-0.1, -0.05) is 19.9 Å². The number of hydrogen-bond donors (Lipinski definition) is 3. The molecule has 0 spiro atoms. The Bertz CT molecular complexity index is 455. The highest BCUT2D eigenvalue weighted by molar-refractivity contribution is 7.09. The number of amides is 1. The van der Waals surface area contributed by atoms with E-state index in [-0.39, 0.29) is 6.04 Å². The molecule has 132 valence electrons. The molecule has 1 aromatic heterocycles. The Kier molecular flexibility index (Phi) is 8.02. The maximum atomic E-state index is 12.0. The van der Waals surface area contributed by atoms with E-state index in [1.54, 1.807) is 11.3 Å². The molecule has 3 N–H and O–H groups in total. The predicted octanol–water partition coefficient (Wildman–Crippen LogP) is 2.79. The molecule has 0 radical (unpaired) electrons. The van der Waals surface area contributed by atoms with Gasteiger partial charge in [0.1, 0.15) is 5.60 Å². The zero-order valence-electron chi connectivity index (χ0n) is 14.8. The molecule has 1 rings (SSSR count). The van der Waals surface area contributed by atoms with Gasteiger partial charge in [0.05, 0.1) is 12.1 Å². The number of thiophene rings is 1. The van der Waals surface area contributed by atoms with Crippen molar-refractivity contribution >= 4 is 17.4 Å². The van der Waals surface area contributed by atoms with Gasteiger partial charge in [-0.05, 0) is 44.7 Å². The van der Waals surface area contributed by atoms with Crippen LogP contribution in [0.15, 0.2) is 17.5 Å². The minimum absolute atomic E-state index is 0.386. The smallest absolute Gasteiger partial charge is 0.407 e. The van der Waals surface area contributed by atoms with Crippen molar-refractivity contribution < 1.29 is 14.6 Å². The van der Waals surface area contributed by atoms with Crippen LogP contribution in [-0.2, 0) is 11.2 Å². The second-order valence-corrected chi connectivity index (χ2v) is 8.19. The second kappa shape index (κ2) is 9.25. The first-order chi connectivity index (χ1) is 10.7. The Morgan fingerprint density at radius 2 is 2.04 bits per heavy atom. The van der Waals surface area contributed by atoms with Gasteiger partial charge in [-0.25, -0.2) is 4.79 Å². The summed E-state index contributed by atoms with van der Waals surface area (Å²) in [4.78, 5) is 13.1. The van der Waals surface area contributed by atoms with Crippen molar-refractivity contribution in [3.05, 3.63) is 22.4 Å². The lowest BCUT2D eigenvalue weighted by atomic mass is 10.1. The summed E-state index contributed by atoms with van der Waals surface area (Å²) in [7, 11) is 0. The number of ether oxygens (including phenoxy) is 1. The third-order valence-corrected chi connectivity index (χ3v) is 3.97. The molecule has 1 amide bonds. The first-order valence-corrected chi connectivity index (χ1v) is 8.96. The van der Waals surface area contributed by atoms with Gasteiger partial charge in [0.25, 0.3) is 0 Å². The van der Waals surface area contributed by atoms with Crippen molar-refractivity contribution in [3.63, 3.8) is 0 Å². The van der Waals surface area contributed by atoms with Gasteiger partial charge < -0.3 is 20.5 Å². The number of rotatable bonds is 8. The lowest BCUT2D eigenvalue weighted by Crippen LogP contribution is -2.50. The van der Waals surface area contributed by atoms with Crippen LogP contribution in [0.1, 0.15) is 39.5 Å². The van der Waals surface area contributed by atoms with E-state index in [4.69, 9.17) is 4.74 Å². The van der Waals surface area contributed by atoms with Crippen LogP contribution in [-0.4, -0.2) is 42.0 Å². The number of alkyl carbamates (subject to hydrolysis) is 1. The Balaban J connectivity index is 2.62. The van der Waals surface area contributed by atoms with Crippen LogP contribution in [0.25, 0.3) is 0 Å². The average Bonchev–Trinajstić information content (AvgIpc) is 2.88. The highest BCUT2D eigenvalue weighted by Crippen LogP contribution is 2.14. The Labute approximate surface area is 143 Å². The third-order valence-electron chi connectivity index (χ3n) is 3.07. The van der Waals surface area contributed by atoms with Crippen molar-refractivity contribution in [1.29, 1.82) is 0 Å². The fourth-order valence-electron chi connectivity index (χ4n) is 2.05. The first kappa shape index (κ1) is 19.9. The van der Waals surface area contributed by atoms with Crippen molar-refractivity contribution in [3.8, 4) is 0 Å². The van der Waals surface area contributed by atoms with Crippen molar-refractivity contribution in [2.24, 2.45) is 5.92 Å². The lowest BCUT2D eigenvalue weighted by molar-refractivity contribution is 0.0422. The summed E-state index contributed by atoms with van der Waals surface area (Å²) in [5, 5.41) is 18.5. The topological polar surface area (TPSA) is 70.6 Å². The van der Waals surface area contributed by atoms with E-state index in [1.807, 2.05) is 38.3 Å². The molecule has 0 aliphatic carbocycles. The number of aliphatic hydroxyl groups is 1. The Morgan fingerprint density at radius 3 is 2.57 bits per heavy atom. The molecule has 0 saturated carbocycles. The van der Waals surface area contributed by atoms with E-state index in [9.17, 15) is 9.90 Å². The van der Waals surface area contributed by atoms with Crippen LogP contribution < -0.4 is 10.6 Å². The molecular weight excluding hydrogens is 312 g/mol. The molecule has 0 aliphatic heterocycles. The van der Waals surface area contributed by atoms with E-state index >= 15 is 0 Å². The van der Waals surface area contributed by atoms with Gasteiger partial charge in [-0.3, -0.25) is 0 Å². The molecule has 0 unspecified atom stereocenters. The van der Waals surface area contributed by atoms with Crippen molar-refractivity contribution in [2.45, 2.75) is 58.8 Å². The number of carbonyl (C=O) groups excluding carboxylic acids is 1. The quantitative estimate of drug-likeness (QED) is 0.679. The summed E-state index contributed by atoms with van der Waals surface area (Å²) in [5.74, 6) is 0.511. The largest absolute Gasteiger partial charge is 0.444 e. The summed E-state index contributed by atoms with van der Waals surface area (Å²) in [6.07, 6.45) is -0.591. The molecule has 23 heavy (non-hydrogen) atoms. The van der Waals surface area contributed by atoms with Crippen LogP contribution in [0.4, 0.5) is 4.79 Å². The van der Waals surface area contributed by atoms with E-state index in [1.165, 1.54) is 0 Å². The first-order valence-electron chi connectivity index (χ1n) is 8.08. The van der Waals surface area contributed by atoms with Crippen molar-refractivity contribution in [2.75, 3.05) is 13.1 Å². The average molecular weight is 343 g/mol. The van der Waals surface area contributed by atoms with Gasteiger partial charge in [0.2, 0.25) is 0 Å². The van der Waals surface area contributed by atoms with Crippen molar-refractivity contribution in [1.82, 2.24) is 10.6 Å². The van der Waals surface area contributed by atoms with Crippen LogP contribution >= 0.6 is 11.3 Å². The number of carbonyl (C=O) groups is 1. The van der Waals surface area contributed by atoms with Crippen LogP contribution in [0.2, 0.25) is 0 Å². The molecular formula is C17H30N2O3S. The molecule has 0 aromatic carbocycles. The van der Waals surface area contributed by atoms with E-state index in [0.29, 0.717) is 18.9 Å². The highest BCUT2D eigenvalue weighted by atomic mass is 32.1. The molecule has 0 saturated heterocycles. The standard InChI is InChI=1S/C17H30N2O3S/c1-12(2)10-18-11-15(20)14(9-13-7-6-8-23-13)19-16(21)22-17(3,4)5/h6-8,12,14-15,18,20H,9-11H2,1-5H3,(H,19,21)/t14-,15+/m1/s1. The maximum absolute atomic E-state index is 12.0. The summed E-state index contributed by atoms with van der Waals surface area (Å²) >= 11 is 1.61. The van der Waals surface area contributed by atoms with E-state index in [2.05, 4.69) is 24.5 Å². The summed E-state index contributed by atoms with van der Waals surface area (Å²) in [6, 6.07) is 3.58. The highest BCUT2D eigenvalue weighted by Gasteiger charge is 2.25. The third kappa shape index (κ3) is 8.93. The van der Waals surface area contributed by atoms with Crippen LogP contribution in [0.3, 0.4) is 0 Å².